The second-order valence-corrected chi connectivity index (χ2v) is 7.05. The summed E-state index contributed by atoms with van der Waals surface area (Å²) in [7, 11) is 3.41. The summed E-state index contributed by atoms with van der Waals surface area (Å²) < 4.78 is 10.8. The molecule has 1 heterocycles. The van der Waals surface area contributed by atoms with Crippen molar-refractivity contribution in [2.75, 3.05) is 40.4 Å². The first-order chi connectivity index (χ1) is 12.2. The zero-order valence-electron chi connectivity index (χ0n) is 15.8. The van der Waals surface area contributed by atoms with Gasteiger partial charge in [-0.2, -0.15) is 0 Å². The Morgan fingerprint density at radius 1 is 1.16 bits per heavy atom. The van der Waals surface area contributed by atoms with Crippen LogP contribution >= 0.6 is 0 Å². The van der Waals surface area contributed by atoms with E-state index in [4.69, 9.17) is 14.5 Å². The zero-order valence-corrected chi connectivity index (χ0v) is 15.8. The number of aliphatic imine (C=N–C) groups is 1. The highest BCUT2D eigenvalue weighted by molar-refractivity contribution is 5.80. The van der Waals surface area contributed by atoms with Gasteiger partial charge in [-0.25, -0.2) is 0 Å². The Bertz CT molecular complexity index is 576. The molecular formula is C20H31N3O2. The first kappa shape index (κ1) is 17.9. The normalized spacial score (nSPS) is 20.7. The molecule has 5 heteroatoms. The Labute approximate surface area is 151 Å². The SMILES string of the molecule is CCNC(=NCCC1CC1)N1CCC(c2cc(OC)cc(OC)c2)C1. The number of guanidine groups is 1. The van der Waals surface area contributed by atoms with Crippen molar-refractivity contribution in [1.29, 1.82) is 0 Å². The summed E-state index contributed by atoms with van der Waals surface area (Å²) in [6, 6.07) is 6.20. The molecule has 1 aromatic rings. The lowest BCUT2D eigenvalue weighted by atomic mass is 9.98. The quantitative estimate of drug-likeness (QED) is 0.609. The first-order valence-electron chi connectivity index (χ1n) is 9.49. The van der Waals surface area contributed by atoms with Gasteiger partial charge in [0.1, 0.15) is 11.5 Å². The van der Waals surface area contributed by atoms with Crippen LogP contribution in [0.5, 0.6) is 11.5 Å². The molecule has 1 unspecified atom stereocenters. The summed E-state index contributed by atoms with van der Waals surface area (Å²) in [4.78, 5) is 7.25. The molecular weight excluding hydrogens is 314 g/mol. The van der Waals surface area contributed by atoms with Gasteiger partial charge in [0.15, 0.2) is 5.96 Å². The van der Waals surface area contributed by atoms with Crippen LogP contribution in [0.2, 0.25) is 0 Å². The average molecular weight is 345 g/mol. The molecule has 1 saturated carbocycles. The highest BCUT2D eigenvalue weighted by atomic mass is 16.5. The number of ether oxygens (including phenoxy) is 2. The summed E-state index contributed by atoms with van der Waals surface area (Å²) in [5, 5.41) is 3.46. The van der Waals surface area contributed by atoms with E-state index in [0.717, 1.165) is 56.0 Å². The van der Waals surface area contributed by atoms with E-state index in [2.05, 4.69) is 29.3 Å². The van der Waals surface area contributed by atoms with Gasteiger partial charge < -0.3 is 19.7 Å². The number of methoxy groups -OCH3 is 2. The summed E-state index contributed by atoms with van der Waals surface area (Å²) in [6.45, 7) is 6.03. The zero-order chi connectivity index (χ0) is 17.6. The van der Waals surface area contributed by atoms with Gasteiger partial charge in [0.25, 0.3) is 0 Å². The smallest absolute Gasteiger partial charge is 0.193 e. The molecule has 1 aliphatic heterocycles. The maximum atomic E-state index is 5.42. The molecule has 0 amide bonds. The third kappa shape index (κ3) is 4.80. The Hall–Kier alpha value is -1.91. The highest BCUT2D eigenvalue weighted by Gasteiger charge is 2.27. The topological polar surface area (TPSA) is 46.1 Å². The Kier molecular flexibility index (Phi) is 6.05. The number of likely N-dealkylation sites (tertiary alicyclic amines) is 1. The van der Waals surface area contributed by atoms with Crippen molar-refractivity contribution in [3.05, 3.63) is 23.8 Å². The number of rotatable bonds is 7. The minimum Gasteiger partial charge on any atom is -0.497 e. The number of nitrogens with one attached hydrogen (secondary N) is 1. The molecule has 0 aromatic heterocycles. The second kappa shape index (κ2) is 8.45. The Morgan fingerprint density at radius 2 is 1.88 bits per heavy atom. The number of benzene rings is 1. The van der Waals surface area contributed by atoms with Gasteiger partial charge in [0.2, 0.25) is 0 Å². The molecule has 1 N–H and O–H groups in total. The summed E-state index contributed by atoms with van der Waals surface area (Å²) >= 11 is 0. The minimum absolute atomic E-state index is 0.483. The minimum atomic E-state index is 0.483. The molecule has 138 valence electrons. The molecule has 1 saturated heterocycles. The molecule has 25 heavy (non-hydrogen) atoms. The van der Waals surface area contributed by atoms with Crippen LogP contribution in [-0.2, 0) is 0 Å². The molecule has 5 nitrogen and oxygen atoms in total. The molecule has 0 radical (unpaired) electrons. The molecule has 0 spiro atoms. The average Bonchev–Trinajstić information content (AvgIpc) is 3.33. The highest BCUT2D eigenvalue weighted by Crippen LogP contribution is 2.33. The molecule has 3 rings (SSSR count). The van der Waals surface area contributed by atoms with Crippen molar-refractivity contribution in [3.8, 4) is 11.5 Å². The van der Waals surface area contributed by atoms with E-state index >= 15 is 0 Å². The first-order valence-corrected chi connectivity index (χ1v) is 9.49. The van der Waals surface area contributed by atoms with Crippen molar-refractivity contribution in [2.45, 2.75) is 38.5 Å². The van der Waals surface area contributed by atoms with Gasteiger partial charge in [0.05, 0.1) is 14.2 Å². The van der Waals surface area contributed by atoms with Crippen molar-refractivity contribution in [3.63, 3.8) is 0 Å². The fourth-order valence-electron chi connectivity index (χ4n) is 3.48. The van der Waals surface area contributed by atoms with Crippen molar-refractivity contribution < 1.29 is 9.47 Å². The second-order valence-electron chi connectivity index (χ2n) is 7.05. The Balaban J connectivity index is 1.66. The van der Waals surface area contributed by atoms with Crippen LogP contribution in [0.4, 0.5) is 0 Å². The fourth-order valence-corrected chi connectivity index (χ4v) is 3.48. The molecule has 1 aliphatic carbocycles. The van der Waals surface area contributed by atoms with Gasteiger partial charge in [-0.15, -0.1) is 0 Å². The fraction of sp³-hybridized carbons (Fsp3) is 0.650. The lowest BCUT2D eigenvalue weighted by Crippen LogP contribution is -2.40. The van der Waals surface area contributed by atoms with E-state index in [0.29, 0.717) is 5.92 Å². The van der Waals surface area contributed by atoms with Gasteiger partial charge in [-0.05, 0) is 43.4 Å². The predicted molar refractivity (Wildman–Crippen MR) is 102 cm³/mol. The van der Waals surface area contributed by atoms with Gasteiger partial charge in [0, 0.05) is 38.2 Å². The third-order valence-corrected chi connectivity index (χ3v) is 5.16. The van der Waals surface area contributed by atoms with Crippen LogP contribution in [0.15, 0.2) is 23.2 Å². The lowest BCUT2D eigenvalue weighted by Gasteiger charge is -2.22. The van der Waals surface area contributed by atoms with E-state index in [1.807, 2.05) is 6.07 Å². The van der Waals surface area contributed by atoms with Crippen molar-refractivity contribution in [2.24, 2.45) is 10.9 Å². The predicted octanol–water partition coefficient (Wildman–Crippen LogP) is 3.26. The number of nitrogens with zero attached hydrogens (tertiary/aromatic N) is 2. The van der Waals surface area contributed by atoms with Crippen LogP contribution in [0, 0.1) is 5.92 Å². The van der Waals surface area contributed by atoms with Gasteiger partial charge >= 0.3 is 0 Å². The Morgan fingerprint density at radius 3 is 2.48 bits per heavy atom. The molecule has 0 bridgehead atoms. The van der Waals surface area contributed by atoms with E-state index in [9.17, 15) is 0 Å². The van der Waals surface area contributed by atoms with Crippen LogP contribution in [0.1, 0.15) is 44.1 Å². The van der Waals surface area contributed by atoms with Crippen LogP contribution in [0.25, 0.3) is 0 Å². The maximum absolute atomic E-state index is 5.42. The number of hydrogen-bond donors (Lipinski definition) is 1. The van der Waals surface area contributed by atoms with E-state index in [1.165, 1.54) is 24.8 Å². The van der Waals surface area contributed by atoms with E-state index in [1.54, 1.807) is 14.2 Å². The molecule has 1 atom stereocenters. The number of hydrogen-bond acceptors (Lipinski definition) is 3. The summed E-state index contributed by atoms with van der Waals surface area (Å²) in [5.41, 5.74) is 1.28. The lowest BCUT2D eigenvalue weighted by molar-refractivity contribution is 0.392. The maximum Gasteiger partial charge on any atom is 0.193 e. The monoisotopic (exact) mass is 345 g/mol. The molecule has 1 aromatic carbocycles. The largest absolute Gasteiger partial charge is 0.497 e. The van der Waals surface area contributed by atoms with Crippen LogP contribution < -0.4 is 14.8 Å². The summed E-state index contributed by atoms with van der Waals surface area (Å²) in [5.74, 6) is 4.20. The van der Waals surface area contributed by atoms with Gasteiger partial charge in [-0.1, -0.05) is 12.8 Å². The standard InChI is InChI=1S/C20H31N3O2/c1-4-21-20(22-9-7-15-5-6-15)23-10-8-16(14-23)17-11-18(24-2)13-19(12-17)25-3/h11-13,15-16H,4-10,14H2,1-3H3,(H,21,22). The van der Waals surface area contributed by atoms with E-state index < -0.39 is 0 Å². The summed E-state index contributed by atoms with van der Waals surface area (Å²) in [6.07, 6.45) is 5.16. The van der Waals surface area contributed by atoms with Gasteiger partial charge in [-0.3, -0.25) is 4.99 Å². The van der Waals surface area contributed by atoms with Crippen LogP contribution in [-0.4, -0.2) is 51.3 Å². The van der Waals surface area contributed by atoms with Crippen molar-refractivity contribution in [1.82, 2.24) is 10.2 Å². The van der Waals surface area contributed by atoms with Crippen molar-refractivity contribution >= 4 is 5.96 Å². The van der Waals surface area contributed by atoms with Crippen LogP contribution in [0.3, 0.4) is 0 Å². The third-order valence-electron chi connectivity index (χ3n) is 5.16. The molecule has 2 aliphatic rings. The molecule has 2 fully saturated rings. The van der Waals surface area contributed by atoms with E-state index in [-0.39, 0.29) is 0 Å².